The van der Waals surface area contributed by atoms with Crippen LogP contribution in [0.4, 0.5) is 0 Å². The minimum Gasteiger partial charge on any atom is -0.756 e. The molecule has 1 fully saturated rings. The Balaban J connectivity index is 2.35. The fourth-order valence-electron chi connectivity index (χ4n) is 5.87. The van der Waals surface area contributed by atoms with Gasteiger partial charge >= 0.3 is 11.9 Å². The molecule has 1 saturated heterocycles. The summed E-state index contributed by atoms with van der Waals surface area (Å²) in [4.78, 5) is 37.6. The molecular weight excluding hydrogens is 766 g/mol. The minimum atomic E-state index is -4.65. The summed E-state index contributed by atoms with van der Waals surface area (Å²) >= 11 is 0. The molecule has 0 radical (unpaired) electrons. The van der Waals surface area contributed by atoms with Crippen molar-refractivity contribution < 1.29 is 46.8 Å². The highest BCUT2D eigenvalue weighted by atomic mass is 31.2. The van der Waals surface area contributed by atoms with Gasteiger partial charge in [0.1, 0.15) is 19.8 Å². The van der Waals surface area contributed by atoms with E-state index >= 15 is 0 Å². The number of esters is 2. The Bertz CT molecular complexity index is 1300. The summed E-state index contributed by atoms with van der Waals surface area (Å²) in [5.41, 5.74) is 0. The Morgan fingerprint density at radius 3 is 1.66 bits per heavy atom. The molecule has 0 aliphatic carbocycles. The Labute approximate surface area is 359 Å². The van der Waals surface area contributed by atoms with E-state index in [1.165, 1.54) is 44.9 Å². The van der Waals surface area contributed by atoms with E-state index in [4.69, 9.17) is 23.3 Å². The molecule has 338 valence electrons. The number of carbonyl (C=O) groups is 2. The second-order valence-electron chi connectivity index (χ2n) is 16.4. The maximum Gasteiger partial charge on any atom is 0.306 e. The number of ether oxygens (including phenoxy) is 3. The SMILES string of the molecule is CCCCC/C=C\C/C=C\C/C=C\CCCCCCC(=O)O[C@H](COC(=O)CCC/C=C\CC1OC1C/C=C\C/C=C\CCCCC)COP(=O)([O-])OCC[N+](C)(C)C. The van der Waals surface area contributed by atoms with Crippen LogP contribution in [0.25, 0.3) is 0 Å². The molecule has 59 heavy (non-hydrogen) atoms. The Morgan fingerprint density at radius 1 is 0.610 bits per heavy atom. The molecule has 0 N–H and O–H groups in total. The van der Waals surface area contributed by atoms with Crippen molar-refractivity contribution in [1.82, 2.24) is 0 Å². The predicted octanol–water partition coefficient (Wildman–Crippen LogP) is 11.4. The van der Waals surface area contributed by atoms with E-state index in [0.717, 1.165) is 64.2 Å². The average Bonchev–Trinajstić information content (AvgIpc) is 3.94. The van der Waals surface area contributed by atoms with Crippen molar-refractivity contribution in [1.29, 1.82) is 0 Å². The third-order valence-electron chi connectivity index (χ3n) is 9.60. The highest BCUT2D eigenvalue weighted by Gasteiger charge is 2.36. The highest BCUT2D eigenvalue weighted by molar-refractivity contribution is 7.45. The van der Waals surface area contributed by atoms with E-state index in [-0.39, 0.29) is 38.3 Å². The lowest BCUT2D eigenvalue weighted by Crippen LogP contribution is -2.37. The van der Waals surface area contributed by atoms with Crippen LogP contribution >= 0.6 is 7.82 Å². The summed E-state index contributed by atoms with van der Waals surface area (Å²) in [7, 11) is 1.10. The molecule has 0 spiro atoms. The van der Waals surface area contributed by atoms with Crippen molar-refractivity contribution in [2.24, 2.45) is 0 Å². The molecule has 1 heterocycles. The van der Waals surface area contributed by atoms with E-state index in [1.54, 1.807) is 0 Å². The number of nitrogens with zero attached hydrogens (tertiary/aromatic N) is 1. The van der Waals surface area contributed by atoms with Crippen molar-refractivity contribution in [2.45, 2.75) is 173 Å². The van der Waals surface area contributed by atoms with Crippen molar-refractivity contribution in [3.05, 3.63) is 72.9 Å². The zero-order valence-electron chi connectivity index (χ0n) is 37.6. The lowest BCUT2D eigenvalue weighted by atomic mass is 10.1. The molecule has 1 aliphatic rings. The fourth-order valence-corrected chi connectivity index (χ4v) is 6.60. The summed E-state index contributed by atoms with van der Waals surface area (Å²) < 4.78 is 39.6. The van der Waals surface area contributed by atoms with E-state index in [9.17, 15) is 19.0 Å². The number of hydrogen-bond acceptors (Lipinski definition) is 9. The standard InChI is InChI=1S/C48H82NO9P/c1-6-8-10-12-14-16-17-18-19-20-21-22-23-25-27-29-35-39-48(51)57-44(43-56-59(52,53)55-41-40-49(3,4)5)42-54-47(50)38-34-31-30-33-37-46-45(58-46)36-32-28-26-24-15-13-11-9-7-2/h14-16,18-19,21-22,24,28,30,32-33,44-46H,6-13,17,20,23,25-27,29,31,34-43H2,1-5H3/b16-14-,19-18-,22-21-,24-15-,32-28-,33-30-/t44-,45?,46?/m1/s1. The summed E-state index contributed by atoms with van der Waals surface area (Å²) in [5.74, 6) is -0.940. The smallest absolute Gasteiger partial charge is 0.306 e. The zero-order chi connectivity index (χ0) is 43.3. The largest absolute Gasteiger partial charge is 0.756 e. The maximum absolute atomic E-state index is 12.7. The number of rotatable bonds is 39. The molecule has 1 rings (SSSR count). The molecule has 0 aromatic carbocycles. The van der Waals surface area contributed by atoms with Crippen LogP contribution < -0.4 is 4.89 Å². The summed E-state index contributed by atoms with van der Waals surface area (Å²) in [6.45, 7) is 4.04. The topological polar surface area (TPSA) is 124 Å². The molecule has 0 aromatic rings. The first kappa shape index (κ1) is 54.4. The van der Waals surface area contributed by atoms with Gasteiger partial charge in [-0.3, -0.25) is 14.2 Å². The van der Waals surface area contributed by atoms with Gasteiger partial charge in [-0.1, -0.05) is 125 Å². The number of hydrogen-bond donors (Lipinski definition) is 0. The third-order valence-corrected chi connectivity index (χ3v) is 10.6. The first-order valence-electron chi connectivity index (χ1n) is 22.8. The Kier molecular flexibility index (Phi) is 33.3. The van der Waals surface area contributed by atoms with Gasteiger partial charge in [0.15, 0.2) is 6.10 Å². The number of phosphoric ester groups is 1. The second kappa shape index (κ2) is 36.1. The fraction of sp³-hybridized carbons (Fsp3) is 0.708. The number of unbranched alkanes of at least 4 members (excludes halogenated alkanes) is 11. The molecule has 0 amide bonds. The van der Waals surface area contributed by atoms with E-state index in [0.29, 0.717) is 30.3 Å². The van der Waals surface area contributed by atoms with Crippen molar-refractivity contribution in [3.8, 4) is 0 Å². The number of epoxide rings is 1. The monoisotopic (exact) mass is 848 g/mol. The van der Waals surface area contributed by atoms with Crippen LogP contribution in [-0.2, 0) is 37.4 Å². The Morgan fingerprint density at radius 2 is 1.08 bits per heavy atom. The first-order chi connectivity index (χ1) is 28.5. The number of carbonyl (C=O) groups excluding carboxylic acids is 2. The van der Waals surface area contributed by atoms with Gasteiger partial charge in [0, 0.05) is 12.8 Å². The summed E-state index contributed by atoms with van der Waals surface area (Å²) in [6, 6.07) is 0. The molecular formula is C48H82NO9P. The van der Waals surface area contributed by atoms with Gasteiger partial charge in [-0.2, -0.15) is 0 Å². The van der Waals surface area contributed by atoms with E-state index < -0.39 is 32.5 Å². The van der Waals surface area contributed by atoms with Crippen molar-refractivity contribution in [3.63, 3.8) is 0 Å². The first-order valence-corrected chi connectivity index (χ1v) is 24.2. The van der Waals surface area contributed by atoms with Gasteiger partial charge in [-0.05, 0) is 89.9 Å². The molecule has 1 aliphatic heterocycles. The van der Waals surface area contributed by atoms with Crippen molar-refractivity contribution >= 4 is 19.8 Å². The lowest BCUT2D eigenvalue weighted by molar-refractivity contribution is -0.870. The van der Waals surface area contributed by atoms with Gasteiger partial charge in [0.2, 0.25) is 0 Å². The molecule has 10 nitrogen and oxygen atoms in total. The molecule has 0 saturated carbocycles. The predicted molar refractivity (Wildman–Crippen MR) is 240 cm³/mol. The second-order valence-corrected chi connectivity index (χ2v) is 17.9. The third kappa shape index (κ3) is 36.9. The normalized spacial score (nSPS) is 17.7. The zero-order valence-corrected chi connectivity index (χ0v) is 38.5. The van der Waals surface area contributed by atoms with Gasteiger partial charge in [0.25, 0.3) is 7.82 Å². The van der Waals surface area contributed by atoms with Crippen LogP contribution in [0.5, 0.6) is 0 Å². The van der Waals surface area contributed by atoms with Gasteiger partial charge < -0.3 is 32.6 Å². The summed E-state index contributed by atoms with van der Waals surface area (Å²) in [6.07, 6.45) is 46.7. The lowest BCUT2D eigenvalue weighted by Gasteiger charge is -2.28. The van der Waals surface area contributed by atoms with E-state index in [2.05, 4.69) is 86.8 Å². The quantitative estimate of drug-likeness (QED) is 0.0148. The average molecular weight is 848 g/mol. The molecule has 3 unspecified atom stereocenters. The summed E-state index contributed by atoms with van der Waals surface area (Å²) in [5, 5.41) is 0. The molecule has 0 bridgehead atoms. The van der Waals surface area contributed by atoms with Crippen LogP contribution in [0.2, 0.25) is 0 Å². The number of allylic oxidation sites excluding steroid dienone is 10. The minimum absolute atomic E-state index is 0.0505. The number of phosphoric acid groups is 1. The molecule has 11 heteroatoms. The Hall–Kier alpha value is -2.59. The van der Waals surface area contributed by atoms with Gasteiger partial charge in [0.05, 0.1) is 40.0 Å². The van der Waals surface area contributed by atoms with Crippen molar-refractivity contribution in [2.75, 3.05) is 47.5 Å². The maximum atomic E-state index is 12.7. The van der Waals surface area contributed by atoms with Gasteiger partial charge in [-0.15, -0.1) is 0 Å². The van der Waals surface area contributed by atoms with Crippen LogP contribution in [0, 0.1) is 0 Å². The highest BCUT2D eigenvalue weighted by Crippen LogP contribution is 2.38. The molecule has 4 atom stereocenters. The molecule has 0 aromatic heterocycles. The van der Waals surface area contributed by atoms with Crippen LogP contribution in [0.3, 0.4) is 0 Å². The van der Waals surface area contributed by atoms with Gasteiger partial charge in [-0.25, -0.2) is 0 Å². The van der Waals surface area contributed by atoms with Crippen LogP contribution in [0.1, 0.15) is 155 Å². The number of likely N-dealkylation sites (N-methyl/N-ethyl adjacent to an activating group) is 1. The van der Waals surface area contributed by atoms with Crippen LogP contribution in [0.15, 0.2) is 72.9 Å². The van der Waals surface area contributed by atoms with E-state index in [1.807, 2.05) is 21.1 Å². The van der Waals surface area contributed by atoms with Crippen LogP contribution in [-0.4, -0.2) is 82.2 Å². The number of quaternary nitrogens is 1.